The molecule has 1 aliphatic rings. The van der Waals surface area contributed by atoms with Crippen molar-refractivity contribution in [3.8, 4) is 0 Å². The molecule has 0 aliphatic carbocycles. The lowest BCUT2D eigenvalue weighted by Gasteiger charge is -2.30. The second kappa shape index (κ2) is 5.19. The molecule has 0 aromatic heterocycles. The predicted molar refractivity (Wildman–Crippen MR) is 71.2 cm³/mol. The van der Waals surface area contributed by atoms with Gasteiger partial charge in [-0.05, 0) is 43.7 Å². The summed E-state index contributed by atoms with van der Waals surface area (Å²) in [5, 5.41) is 3.50. The lowest BCUT2D eigenvalue weighted by atomic mass is 9.85. The minimum atomic E-state index is -0.00755. The smallest absolute Gasteiger partial charge is 0.0623 e. The van der Waals surface area contributed by atoms with Gasteiger partial charge in [-0.3, -0.25) is 0 Å². The van der Waals surface area contributed by atoms with Crippen LogP contribution in [0, 0.1) is 0 Å². The van der Waals surface area contributed by atoms with Crippen molar-refractivity contribution < 1.29 is 4.74 Å². The van der Waals surface area contributed by atoms with E-state index in [1.54, 1.807) is 7.11 Å². The van der Waals surface area contributed by atoms with Crippen LogP contribution in [-0.4, -0.2) is 19.3 Å². The molecule has 1 N–H and O–H groups in total. The van der Waals surface area contributed by atoms with Crippen LogP contribution in [0.2, 0.25) is 0 Å². The molecule has 1 aromatic rings. The maximum Gasteiger partial charge on any atom is 0.0623 e. The van der Waals surface area contributed by atoms with Crippen molar-refractivity contribution in [1.82, 2.24) is 5.32 Å². The molecule has 2 nitrogen and oxygen atoms in total. The van der Waals surface area contributed by atoms with E-state index >= 15 is 0 Å². The number of hydrogen-bond donors (Lipinski definition) is 1. The van der Waals surface area contributed by atoms with Crippen molar-refractivity contribution in [2.75, 3.05) is 13.7 Å². The SMILES string of the molecule is COC(C)(C)CCC1CNCc2ccccc21. The highest BCUT2D eigenvalue weighted by Crippen LogP contribution is 2.30. The van der Waals surface area contributed by atoms with Crippen LogP contribution < -0.4 is 5.32 Å². The molecule has 1 atom stereocenters. The Balaban J connectivity index is 2.04. The fourth-order valence-electron chi connectivity index (χ4n) is 2.47. The highest BCUT2D eigenvalue weighted by molar-refractivity contribution is 5.32. The minimum Gasteiger partial charge on any atom is -0.379 e. The summed E-state index contributed by atoms with van der Waals surface area (Å²) in [4.78, 5) is 0. The average Bonchev–Trinajstić information content (AvgIpc) is 2.36. The Morgan fingerprint density at radius 3 is 2.88 bits per heavy atom. The van der Waals surface area contributed by atoms with Gasteiger partial charge < -0.3 is 10.1 Å². The average molecular weight is 233 g/mol. The van der Waals surface area contributed by atoms with E-state index in [2.05, 4.69) is 43.4 Å². The first-order chi connectivity index (χ1) is 8.12. The number of benzene rings is 1. The lowest BCUT2D eigenvalue weighted by Crippen LogP contribution is -2.30. The van der Waals surface area contributed by atoms with Gasteiger partial charge in [0.15, 0.2) is 0 Å². The molecule has 1 unspecified atom stereocenters. The third-order valence-corrected chi connectivity index (χ3v) is 3.85. The molecule has 0 bridgehead atoms. The van der Waals surface area contributed by atoms with E-state index in [4.69, 9.17) is 4.74 Å². The summed E-state index contributed by atoms with van der Waals surface area (Å²) in [6.07, 6.45) is 2.29. The van der Waals surface area contributed by atoms with Crippen molar-refractivity contribution in [3.63, 3.8) is 0 Å². The predicted octanol–water partition coefficient (Wildman–Crippen LogP) is 3.08. The largest absolute Gasteiger partial charge is 0.379 e. The Kier molecular flexibility index (Phi) is 3.85. The van der Waals surface area contributed by atoms with Gasteiger partial charge >= 0.3 is 0 Å². The molecule has 0 fully saturated rings. The fourth-order valence-corrected chi connectivity index (χ4v) is 2.47. The summed E-state index contributed by atoms with van der Waals surface area (Å²) >= 11 is 0. The Bertz CT molecular complexity index is 373. The number of rotatable bonds is 4. The van der Waals surface area contributed by atoms with Gasteiger partial charge in [0, 0.05) is 20.2 Å². The number of hydrogen-bond acceptors (Lipinski definition) is 2. The van der Waals surface area contributed by atoms with Crippen molar-refractivity contribution in [1.29, 1.82) is 0 Å². The van der Waals surface area contributed by atoms with Crippen LogP contribution in [0.5, 0.6) is 0 Å². The molecule has 0 amide bonds. The number of methoxy groups -OCH3 is 1. The minimum absolute atomic E-state index is 0.00755. The fraction of sp³-hybridized carbons (Fsp3) is 0.600. The van der Waals surface area contributed by atoms with Crippen molar-refractivity contribution in [2.45, 2.75) is 44.8 Å². The highest BCUT2D eigenvalue weighted by Gasteiger charge is 2.23. The van der Waals surface area contributed by atoms with Gasteiger partial charge in [0.1, 0.15) is 0 Å². The quantitative estimate of drug-likeness (QED) is 0.863. The first-order valence-electron chi connectivity index (χ1n) is 6.46. The zero-order chi connectivity index (χ0) is 12.3. The van der Waals surface area contributed by atoms with Crippen LogP contribution in [-0.2, 0) is 11.3 Å². The topological polar surface area (TPSA) is 21.3 Å². The number of ether oxygens (including phenoxy) is 1. The van der Waals surface area contributed by atoms with Gasteiger partial charge in [0.2, 0.25) is 0 Å². The third kappa shape index (κ3) is 3.08. The molecule has 1 aliphatic heterocycles. The van der Waals surface area contributed by atoms with Gasteiger partial charge in [-0.15, -0.1) is 0 Å². The summed E-state index contributed by atoms with van der Waals surface area (Å²) in [5.74, 6) is 0.634. The molecule has 0 radical (unpaired) electrons. The first kappa shape index (κ1) is 12.6. The zero-order valence-corrected chi connectivity index (χ0v) is 11.1. The van der Waals surface area contributed by atoms with Crippen LogP contribution >= 0.6 is 0 Å². The second-order valence-corrected chi connectivity index (χ2v) is 5.53. The van der Waals surface area contributed by atoms with E-state index in [-0.39, 0.29) is 5.60 Å². The van der Waals surface area contributed by atoms with Crippen molar-refractivity contribution in [2.24, 2.45) is 0 Å². The Morgan fingerprint density at radius 2 is 2.12 bits per heavy atom. The summed E-state index contributed by atoms with van der Waals surface area (Å²) in [5.41, 5.74) is 2.98. The monoisotopic (exact) mass is 233 g/mol. The molecule has 0 saturated heterocycles. The molecule has 0 saturated carbocycles. The molecule has 2 rings (SSSR count). The molecule has 1 aromatic carbocycles. The van der Waals surface area contributed by atoms with Gasteiger partial charge in [-0.1, -0.05) is 24.3 Å². The van der Waals surface area contributed by atoms with Crippen molar-refractivity contribution in [3.05, 3.63) is 35.4 Å². The van der Waals surface area contributed by atoms with Gasteiger partial charge in [-0.25, -0.2) is 0 Å². The van der Waals surface area contributed by atoms with E-state index in [0.29, 0.717) is 5.92 Å². The summed E-state index contributed by atoms with van der Waals surface area (Å²) in [6.45, 7) is 6.43. The Labute approximate surface area is 104 Å². The van der Waals surface area contributed by atoms with Crippen LogP contribution in [0.25, 0.3) is 0 Å². The highest BCUT2D eigenvalue weighted by atomic mass is 16.5. The summed E-state index contributed by atoms with van der Waals surface area (Å²) < 4.78 is 5.50. The first-order valence-corrected chi connectivity index (χ1v) is 6.46. The van der Waals surface area contributed by atoms with E-state index in [9.17, 15) is 0 Å². The molecular formula is C15H23NO. The van der Waals surface area contributed by atoms with E-state index in [1.807, 2.05) is 0 Å². The van der Waals surface area contributed by atoms with Crippen LogP contribution in [0.1, 0.15) is 43.7 Å². The van der Waals surface area contributed by atoms with Gasteiger partial charge in [0.25, 0.3) is 0 Å². The van der Waals surface area contributed by atoms with E-state index in [1.165, 1.54) is 17.5 Å². The Hall–Kier alpha value is -0.860. The molecule has 1 heterocycles. The van der Waals surface area contributed by atoms with Crippen molar-refractivity contribution >= 4 is 0 Å². The number of fused-ring (bicyclic) bond motifs is 1. The van der Waals surface area contributed by atoms with E-state index in [0.717, 1.165) is 19.5 Å². The van der Waals surface area contributed by atoms with Gasteiger partial charge in [0.05, 0.1) is 5.60 Å². The Morgan fingerprint density at radius 1 is 1.35 bits per heavy atom. The molecular weight excluding hydrogens is 210 g/mol. The zero-order valence-electron chi connectivity index (χ0n) is 11.1. The summed E-state index contributed by atoms with van der Waals surface area (Å²) in [7, 11) is 1.80. The standard InChI is InChI=1S/C15H23NO/c1-15(2,17-3)9-8-13-11-16-10-12-6-4-5-7-14(12)13/h4-7,13,16H,8-11H2,1-3H3. The molecule has 2 heteroatoms. The molecule has 94 valence electrons. The third-order valence-electron chi connectivity index (χ3n) is 3.85. The van der Waals surface area contributed by atoms with Crippen LogP contribution in [0.3, 0.4) is 0 Å². The number of nitrogens with one attached hydrogen (secondary N) is 1. The molecule has 17 heavy (non-hydrogen) atoms. The normalized spacial score (nSPS) is 20.1. The maximum atomic E-state index is 5.50. The van der Waals surface area contributed by atoms with E-state index < -0.39 is 0 Å². The van der Waals surface area contributed by atoms with Crippen LogP contribution in [0.4, 0.5) is 0 Å². The molecule has 0 spiro atoms. The van der Waals surface area contributed by atoms with Crippen LogP contribution in [0.15, 0.2) is 24.3 Å². The maximum absolute atomic E-state index is 5.50. The second-order valence-electron chi connectivity index (χ2n) is 5.53. The lowest BCUT2D eigenvalue weighted by molar-refractivity contribution is 0.0122. The van der Waals surface area contributed by atoms with Gasteiger partial charge in [-0.2, -0.15) is 0 Å². The summed E-state index contributed by atoms with van der Waals surface area (Å²) in [6, 6.07) is 8.79.